The largest absolute Gasteiger partial charge is 0.369 e. The molecule has 18 heavy (non-hydrogen) atoms. The lowest BCUT2D eigenvalue weighted by Gasteiger charge is -2.35. The summed E-state index contributed by atoms with van der Waals surface area (Å²) in [4.78, 5) is 13.6. The van der Waals surface area contributed by atoms with Crippen molar-refractivity contribution < 1.29 is 4.79 Å². The number of hydrogen-bond acceptors (Lipinski definition) is 2. The predicted octanol–water partition coefficient (Wildman–Crippen LogP) is 2.01. The number of carbonyl (C=O) groups is 1. The summed E-state index contributed by atoms with van der Waals surface area (Å²) >= 11 is 0. The van der Waals surface area contributed by atoms with Crippen molar-refractivity contribution in [3.8, 4) is 0 Å². The molecule has 0 unspecified atom stereocenters. The van der Waals surface area contributed by atoms with Crippen LogP contribution in [-0.2, 0) is 11.2 Å². The minimum atomic E-state index is -0.204. The highest BCUT2D eigenvalue weighted by Gasteiger charge is 2.36. The van der Waals surface area contributed by atoms with Gasteiger partial charge in [0.2, 0.25) is 5.91 Å². The van der Waals surface area contributed by atoms with E-state index in [1.54, 1.807) is 0 Å². The zero-order chi connectivity index (χ0) is 12.5. The maximum atomic E-state index is 11.3. The summed E-state index contributed by atoms with van der Waals surface area (Å²) < 4.78 is 0. The molecular formula is C15H20N2O. The number of fused-ring (bicyclic) bond motifs is 1. The van der Waals surface area contributed by atoms with Crippen LogP contribution in [0.5, 0.6) is 0 Å². The number of nitrogens with two attached hydrogens (primary N) is 1. The van der Waals surface area contributed by atoms with Crippen LogP contribution in [0.4, 0.5) is 0 Å². The Kier molecular flexibility index (Phi) is 3.08. The van der Waals surface area contributed by atoms with E-state index >= 15 is 0 Å². The van der Waals surface area contributed by atoms with Crippen LogP contribution in [0.1, 0.15) is 42.9 Å². The molecule has 0 aliphatic heterocycles. The molecule has 96 valence electrons. The van der Waals surface area contributed by atoms with Gasteiger partial charge in [-0.3, -0.25) is 9.69 Å². The summed E-state index contributed by atoms with van der Waals surface area (Å²) in [7, 11) is 0. The fraction of sp³-hybridized carbons (Fsp3) is 0.533. The van der Waals surface area contributed by atoms with Crippen LogP contribution in [0.25, 0.3) is 0 Å². The summed E-state index contributed by atoms with van der Waals surface area (Å²) in [5, 5.41) is 0. The van der Waals surface area contributed by atoms with Crippen LogP contribution in [0.2, 0.25) is 0 Å². The van der Waals surface area contributed by atoms with Gasteiger partial charge in [0.25, 0.3) is 0 Å². The molecule has 0 radical (unpaired) electrons. The van der Waals surface area contributed by atoms with Crippen LogP contribution in [-0.4, -0.2) is 23.4 Å². The van der Waals surface area contributed by atoms with Gasteiger partial charge in [-0.15, -0.1) is 0 Å². The molecule has 3 nitrogen and oxygen atoms in total. The van der Waals surface area contributed by atoms with Gasteiger partial charge in [0.05, 0.1) is 6.54 Å². The monoisotopic (exact) mass is 244 g/mol. The quantitative estimate of drug-likeness (QED) is 0.880. The molecule has 1 amide bonds. The number of hydrogen-bond donors (Lipinski definition) is 1. The average molecular weight is 244 g/mol. The first kappa shape index (κ1) is 11.7. The Hall–Kier alpha value is -1.35. The second-order valence-electron chi connectivity index (χ2n) is 5.48. The van der Waals surface area contributed by atoms with Gasteiger partial charge >= 0.3 is 0 Å². The average Bonchev–Trinajstić information content (AvgIpc) is 3.19. The first-order valence-electron chi connectivity index (χ1n) is 6.87. The Balaban J connectivity index is 1.88. The molecule has 1 aromatic carbocycles. The van der Waals surface area contributed by atoms with Crippen LogP contribution in [0, 0.1) is 0 Å². The summed E-state index contributed by atoms with van der Waals surface area (Å²) in [6.07, 6.45) is 5.96. The topological polar surface area (TPSA) is 46.3 Å². The van der Waals surface area contributed by atoms with Gasteiger partial charge in [-0.25, -0.2) is 0 Å². The smallest absolute Gasteiger partial charge is 0.231 e. The second kappa shape index (κ2) is 4.73. The maximum absolute atomic E-state index is 11.3. The number of rotatable bonds is 4. The van der Waals surface area contributed by atoms with E-state index in [1.807, 2.05) is 0 Å². The SMILES string of the molecule is NC(=O)CN(C1CC1)[C@H]1CCCc2ccccc21. The van der Waals surface area contributed by atoms with Gasteiger partial charge < -0.3 is 5.73 Å². The number of carbonyl (C=O) groups excluding carboxylic acids is 1. The third-order valence-corrected chi connectivity index (χ3v) is 4.09. The molecule has 3 heteroatoms. The van der Waals surface area contributed by atoms with E-state index < -0.39 is 0 Å². The number of benzene rings is 1. The van der Waals surface area contributed by atoms with Crippen molar-refractivity contribution in [1.29, 1.82) is 0 Å². The first-order valence-corrected chi connectivity index (χ1v) is 6.87. The Morgan fingerprint density at radius 3 is 2.78 bits per heavy atom. The van der Waals surface area contributed by atoms with Crippen LogP contribution < -0.4 is 5.73 Å². The normalized spacial score (nSPS) is 22.8. The van der Waals surface area contributed by atoms with Crippen molar-refractivity contribution in [2.45, 2.75) is 44.2 Å². The summed E-state index contributed by atoms with van der Waals surface area (Å²) in [5.74, 6) is -0.204. The molecule has 1 fully saturated rings. The van der Waals surface area contributed by atoms with Gasteiger partial charge in [-0.1, -0.05) is 24.3 Å². The van der Waals surface area contributed by atoms with E-state index in [4.69, 9.17) is 5.73 Å². The third kappa shape index (κ3) is 2.27. The van der Waals surface area contributed by atoms with E-state index in [0.29, 0.717) is 18.6 Å². The molecular weight excluding hydrogens is 224 g/mol. The molecule has 0 saturated heterocycles. The molecule has 2 aliphatic rings. The first-order chi connectivity index (χ1) is 8.75. The Labute approximate surface area is 108 Å². The van der Waals surface area contributed by atoms with Crippen LogP contribution >= 0.6 is 0 Å². The predicted molar refractivity (Wildman–Crippen MR) is 71.0 cm³/mol. The lowest BCUT2D eigenvalue weighted by molar-refractivity contribution is -0.120. The fourth-order valence-electron chi connectivity index (χ4n) is 3.15. The van der Waals surface area contributed by atoms with E-state index in [0.717, 1.165) is 6.42 Å². The molecule has 0 aromatic heterocycles. The standard InChI is InChI=1S/C15H20N2O/c16-15(18)10-17(12-8-9-12)14-7-3-5-11-4-1-2-6-13(11)14/h1-2,4,6,12,14H,3,5,7-10H2,(H2,16,18)/t14-/m0/s1. The van der Waals surface area contributed by atoms with Gasteiger partial charge in [0.1, 0.15) is 0 Å². The van der Waals surface area contributed by atoms with E-state index in [1.165, 1.54) is 36.8 Å². The molecule has 1 aromatic rings. The lowest BCUT2D eigenvalue weighted by atomic mass is 9.86. The number of primary amides is 1. The third-order valence-electron chi connectivity index (χ3n) is 4.09. The second-order valence-corrected chi connectivity index (χ2v) is 5.48. The van der Waals surface area contributed by atoms with Crippen molar-refractivity contribution in [2.24, 2.45) is 5.73 Å². The van der Waals surface area contributed by atoms with Gasteiger partial charge in [-0.05, 0) is 43.2 Å². The highest BCUT2D eigenvalue weighted by molar-refractivity contribution is 5.76. The Morgan fingerprint density at radius 2 is 2.06 bits per heavy atom. The summed E-state index contributed by atoms with van der Waals surface area (Å²) in [6.45, 7) is 0.406. The minimum absolute atomic E-state index is 0.204. The van der Waals surface area contributed by atoms with E-state index in [9.17, 15) is 4.79 Å². The van der Waals surface area contributed by atoms with Crippen molar-refractivity contribution in [3.63, 3.8) is 0 Å². The van der Waals surface area contributed by atoms with Gasteiger partial charge in [0, 0.05) is 12.1 Å². The summed E-state index contributed by atoms with van der Waals surface area (Å²) in [5.41, 5.74) is 8.27. The van der Waals surface area contributed by atoms with Gasteiger partial charge in [0.15, 0.2) is 0 Å². The van der Waals surface area contributed by atoms with Crippen molar-refractivity contribution in [3.05, 3.63) is 35.4 Å². The van der Waals surface area contributed by atoms with Crippen LogP contribution in [0.3, 0.4) is 0 Å². The summed E-state index contributed by atoms with van der Waals surface area (Å²) in [6, 6.07) is 9.62. The molecule has 0 heterocycles. The van der Waals surface area contributed by atoms with Crippen molar-refractivity contribution >= 4 is 5.91 Å². The number of nitrogens with zero attached hydrogens (tertiary/aromatic N) is 1. The zero-order valence-electron chi connectivity index (χ0n) is 10.6. The molecule has 2 N–H and O–H groups in total. The number of amides is 1. The van der Waals surface area contributed by atoms with E-state index in [2.05, 4.69) is 29.2 Å². The molecule has 3 rings (SSSR count). The highest BCUT2D eigenvalue weighted by atomic mass is 16.1. The minimum Gasteiger partial charge on any atom is -0.369 e. The van der Waals surface area contributed by atoms with Crippen molar-refractivity contribution in [2.75, 3.05) is 6.54 Å². The van der Waals surface area contributed by atoms with E-state index in [-0.39, 0.29) is 5.91 Å². The van der Waals surface area contributed by atoms with Crippen LogP contribution in [0.15, 0.2) is 24.3 Å². The molecule has 0 bridgehead atoms. The Morgan fingerprint density at radius 1 is 1.28 bits per heavy atom. The zero-order valence-corrected chi connectivity index (χ0v) is 10.6. The fourth-order valence-corrected chi connectivity index (χ4v) is 3.15. The van der Waals surface area contributed by atoms with Gasteiger partial charge in [-0.2, -0.15) is 0 Å². The highest BCUT2D eigenvalue weighted by Crippen LogP contribution is 2.40. The molecule has 2 aliphatic carbocycles. The molecule has 1 atom stereocenters. The van der Waals surface area contributed by atoms with Crippen molar-refractivity contribution in [1.82, 2.24) is 4.90 Å². The Bertz CT molecular complexity index is 454. The lowest BCUT2D eigenvalue weighted by Crippen LogP contribution is -2.39. The molecule has 1 saturated carbocycles. The molecule has 0 spiro atoms. The maximum Gasteiger partial charge on any atom is 0.231 e. The number of aryl methyl sites for hydroxylation is 1.